The second-order valence-electron chi connectivity index (χ2n) is 3.98. The molecule has 1 aromatic carbocycles. The molecule has 0 N–H and O–H groups in total. The van der Waals surface area contributed by atoms with Gasteiger partial charge in [-0.1, -0.05) is 44.0 Å². The van der Waals surface area contributed by atoms with E-state index in [1.54, 1.807) is 5.56 Å². The summed E-state index contributed by atoms with van der Waals surface area (Å²) in [5.74, 6) is 6.09. The summed E-state index contributed by atoms with van der Waals surface area (Å²) in [6.07, 6.45) is 0. The lowest BCUT2D eigenvalue weighted by molar-refractivity contribution is 0.849. The van der Waals surface area contributed by atoms with Gasteiger partial charge in [0, 0.05) is 11.0 Å². The lowest BCUT2D eigenvalue weighted by Gasteiger charge is -2.10. The molecule has 1 fully saturated rings. The summed E-state index contributed by atoms with van der Waals surface area (Å²) < 4.78 is 0. The minimum Gasteiger partial charge on any atom is -0.183 e. The third-order valence-electron chi connectivity index (χ3n) is 2.62. The molecule has 0 radical (unpaired) electrons. The van der Waals surface area contributed by atoms with Crippen LogP contribution in [0.4, 0.5) is 0 Å². The molecular formula is C12H16S. The van der Waals surface area contributed by atoms with Crippen LogP contribution >= 0.6 is 10.5 Å². The fraction of sp³-hybridized carbons (Fsp3) is 0.417. The van der Waals surface area contributed by atoms with Crippen LogP contribution in [0.15, 0.2) is 24.3 Å². The number of benzene rings is 1. The van der Waals surface area contributed by atoms with Gasteiger partial charge in [0.15, 0.2) is 0 Å². The summed E-state index contributed by atoms with van der Waals surface area (Å²) in [5.41, 5.74) is 3.07. The molecule has 2 unspecified atom stereocenters. The van der Waals surface area contributed by atoms with Gasteiger partial charge in [-0.05, 0) is 17.0 Å². The molecule has 0 aliphatic carbocycles. The highest BCUT2D eigenvalue weighted by Gasteiger charge is 2.29. The van der Waals surface area contributed by atoms with Crippen molar-refractivity contribution in [1.82, 2.24) is 0 Å². The third-order valence-corrected chi connectivity index (χ3v) is 4.18. The normalized spacial score (nSPS) is 26.4. The molecule has 0 nitrogen and oxygen atoms in total. The molecule has 1 heterocycles. The minimum absolute atomic E-state index is 0.423. The fourth-order valence-corrected chi connectivity index (χ4v) is 3.11. The van der Waals surface area contributed by atoms with Gasteiger partial charge < -0.3 is 0 Å². The van der Waals surface area contributed by atoms with Crippen molar-refractivity contribution in [3.63, 3.8) is 0 Å². The molecule has 2 atom stereocenters. The maximum absolute atomic E-state index is 4.14. The molecule has 0 saturated carbocycles. The highest BCUT2D eigenvalue weighted by molar-refractivity contribution is 8.20. The summed E-state index contributed by atoms with van der Waals surface area (Å²) in [5, 5.41) is 0.776. The van der Waals surface area contributed by atoms with Gasteiger partial charge in [-0.3, -0.25) is 0 Å². The van der Waals surface area contributed by atoms with Crippen LogP contribution in [0.3, 0.4) is 0 Å². The second kappa shape index (κ2) is 3.30. The van der Waals surface area contributed by atoms with Gasteiger partial charge in [-0.2, -0.15) is 10.5 Å². The van der Waals surface area contributed by atoms with Crippen LogP contribution in [-0.2, 0) is 0 Å². The Labute approximate surface area is 82.9 Å². The summed E-state index contributed by atoms with van der Waals surface area (Å²) in [6, 6.07) is 8.83. The summed E-state index contributed by atoms with van der Waals surface area (Å²) in [4.78, 5) is 0. The van der Waals surface area contributed by atoms with E-state index < -0.39 is 0 Å². The van der Waals surface area contributed by atoms with E-state index in [-0.39, 0.29) is 0 Å². The van der Waals surface area contributed by atoms with Gasteiger partial charge in [0.25, 0.3) is 0 Å². The molecule has 1 heteroatoms. The Morgan fingerprint density at radius 2 is 2.00 bits per heavy atom. The number of hydrogen-bond acceptors (Lipinski definition) is 0. The van der Waals surface area contributed by atoms with E-state index in [4.69, 9.17) is 0 Å². The standard InChI is InChI=1S/C12H16S/c1-9(2)10-6-4-5-7-11(10)12-8-13(12)3/h4-7,9,12H,3,8H2,1-2H3. The number of rotatable bonds is 2. The molecule has 0 aromatic heterocycles. The van der Waals surface area contributed by atoms with Crippen LogP contribution in [-0.4, -0.2) is 11.6 Å². The first-order valence-electron chi connectivity index (χ1n) is 4.78. The monoisotopic (exact) mass is 192 g/mol. The van der Waals surface area contributed by atoms with Crippen molar-refractivity contribution in [2.24, 2.45) is 0 Å². The quantitative estimate of drug-likeness (QED) is 0.496. The molecule has 0 bridgehead atoms. The van der Waals surface area contributed by atoms with E-state index in [1.807, 2.05) is 0 Å². The van der Waals surface area contributed by atoms with Gasteiger partial charge >= 0.3 is 0 Å². The van der Waals surface area contributed by atoms with Crippen molar-refractivity contribution < 1.29 is 0 Å². The maximum atomic E-state index is 4.14. The molecule has 0 amide bonds. The highest BCUT2D eigenvalue weighted by atomic mass is 32.2. The minimum atomic E-state index is 0.423. The smallest absolute Gasteiger partial charge is 0.0331 e. The van der Waals surface area contributed by atoms with Crippen molar-refractivity contribution in [3.05, 3.63) is 35.4 Å². The van der Waals surface area contributed by atoms with Crippen molar-refractivity contribution in [1.29, 1.82) is 0 Å². The van der Waals surface area contributed by atoms with E-state index in [2.05, 4.69) is 44.0 Å². The van der Waals surface area contributed by atoms with E-state index in [0.717, 1.165) is 5.25 Å². The first-order chi connectivity index (χ1) is 6.20. The predicted molar refractivity (Wildman–Crippen MR) is 62.9 cm³/mol. The first kappa shape index (κ1) is 9.01. The van der Waals surface area contributed by atoms with Gasteiger partial charge in [0.2, 0.25) is 0 Å². The SMILES string of the molecule is C=S1CC1c1ccccc1C(C)C. The van der Waals surface area contributed by atoms with Crippen LogP contribution in [0.1, 0.15) is 36.1 Å². The van der Waals surface area contributed by atoms with Crippen molar-refractivity contribution in [2.75, 3.05) is 5.75 Å². The lowest BCUT2D eigenvalue weighted by atomic mass is 9.96. The highest BCUT2D eigenvalue weighted by Crippen LogP contribution is 2.53. The first-order valence-corrected chi connectivity index (χ1v) is 6.41. The van der Waals surface area contributed by atoms with Gasteiger partial charge in [0.1, 0.15) is 0 Å². The van der Waals surface area contributed by atoms with E-state index in [1.165, 1.54) is 11.3 Å². The number of hydrogen-bond donors (Lipinski definition) is 0. The zero-order chi connectivity index (χ0) is 9.42. The molecule has 1 aliphatic rings. The Kier molecular flexibility index (Phi) is 2.29. The van der Waals surface area contributed by atoms with Crippen LogP contribution < -0.4 is 0 Å². The third kappa shape index (κ3) is 1.71. The van der Waals surface area contributed by atoms with Gasteiger partial charge in [0.05, 0.1) is 0 Å². The predicted octanol–water partition coefficient (Wildman–Crippen LogP) is 3.57. The van der Waals surface area contributed by atoms with Gasteiger partial charge in [-0.15, -0.1) is 0 Å². The average Bonchev–Trinajstić information content (AvgIpc) is 2.82. The van der Waals surface area contributed by atoms with Crippen LogP contribution in [0.25, 0.3) is 0 Å². The van der Waals surface area contributed by atoms with Crippen molar-refractivity contribution >= 4 is 16.4 Å². The van der Waals surface area contributed by atoms with Crippen LogP contribution in [0.5, 0.6) is 0 Å². The zero-order valence-electron chi connectivity index (χ0n) is 8.29. The zero-order valence-corrected chi connectivity index (χ0v) is 9.10. The largest absolute Gasteiger partial charge is 0.183 e. The van der Waals surface area contributed by atoms with E-state index >= 15 is 0 Å². The Morgan fingerprint density at radius 1 is 1.38 bits per heavy atom. The van der Waals surface area contributed by atoms with Crippen LogP contribution in [0, 0.1) is 0 Å². The topological polar surface area (TPSA) is 0 Å². The molecule has 70 valence electrons. The molecule has 2 rings (SSSR count). The molecule has 13 heavy (non-hydrogen) atoms. The van der Waals surface area contributed by atoms with Crippen molar-refractivity contribution in [3.8, 4) is 0 Å². The molecule has 1 saturated heterocycles. The summed E-state index contributed by atoms with van der Waals surface area (Å²) in [6.45, 7) is 4.53. The Morgan fingerprint density at radius 3 is 2.54 bits per heavy atom. The second-order valence-corrected chi connectivity index (χ2v) is 5.95. The molecular weight excluding hydrogens is 176 g/mol. The van der Waals surface area contributed by atoms with E-state index in [0.29, 0.717) is 16.4 Å². The molecule has 0 spiro atoms. The maximum Gasteiger partial charge on any atom is 0.0331 e. The Balaban J connectivity index is 2.38. The van der Waals surface area contributed by atoms with Crippen LogP contribution in [0.2, 0.25) is 0 Å². The summed E-state index contributed by atoms with van der Waals surface area (Å²) in [7, 11) is 0.423. The molecule has 1 aromatic rings. The fourth-order valence-electron chi connectivity index (χ4n) is 1.75. The average molecular weight is 192 g/mol. The van der Waals surface area contributed by atoms with Crippen molar-refractivity contribution in [2.45, 2.75) is 25.0 Å². The van der Waals surface area contributed by atoms with Gasteiger partial charge in [-0.25, -0.2) is 0 Å². The lowest BCUT2D eigenvalue weighted by Crippen LogP contribution is -1.93. The molecule has 1 aliphatic heterocycles. The van der Waals surface area contributed by atoms with E-state index in [9.17, 15) is 0 Å². The summed E-state index contributed by atoms with van der Waals surface area (Å²) >= 11 is 0. The Hall–Kier alpha value is -0.560. The Bertz CT molecular complexity index is 339.